The van der Waals surface area contributed by atoms with Gasteiger partial charge in [-0.1, -0.05) is 0 Å². The van der Waals surface area contributed by atoms with E-state index in [1.807, 2.05) is 0 Å². The van der Waals surface area contributed by atoms with Crippen molar-refractivity contribution in [2.45, 2.75) is 38.3 Å². The summed E-state index contributed by atoms with van der Waals surface area (Å²) in [6, 6.07) is 2.39. The molecule has 1 aromatic rings. The highest BCUT2D eigenvalue weighted by molar-refractivity contribution is 5.10. The first-order valence-corrected chi connectivity index (χ1v) is 7.35. The second-order valence-corrected chi connectivity index (χ2v) is 5.94. The minimum atomic E-state index is -0.235. The third kappa shape index (κ3) is 3.98. The quantitative estimate of drug-likeness (QED) is 0.882. The van der Waals surface area contributed by atoms with Gasteiger partial charge in [0.05, 0.1) is 6.20 Å². The number of nitrogens with one attached hydrogen (secondary N) is 1. The Hall–Kier alpha value is -1.00. The van der Waals surface area contributed by atoms with Gasteiger partial charge in [0.25, 0.3) is 0 Å². The third-order valence-electron chi connectivity index (χ3n) is 4.04. The lowest BCUT2D eigenvalue weighted by Gasteiger charge is -2.32. The molecule has 4 heteroatoms. The number of nitrogens with zero attached hydrogens (tertiary/aromatic N) is 2. The van der Waals surface area contributed by atoms with E-state index < -0.39 is 0 Å². The van der Waals surface area contributed by atoms with E-state index in [1.165, 1.54) is 31.9 Å². The van der Waals surface area contributed by atoms with Crippen LogP contribution in [0.25, 0.3) is 0 Å². The van der Waals surface area contributed by atoms with Crippen LogP contribution in [0.15, 0.2) is 18.5 Å². The fourth-order valence-electron chi connectivity index (χ4n) is 2.88. The summed E-state index contributed by atoms with van der Waals surface area (Å²) in [7, 11) is 0. The average Bonchev–Trinajstić information content (AvgIpc) is 3.21. The van der Waals surface area contributed by atoms with Crippen LogP contribution in [-0.2, 0) is 6.54 Å². The first kappa shape index (κ1) is 13.0. The summed E-state index contributed by atoms with van der Waals surface area (Å²) in [5.74, 6) is 0.511. The van der Waals surface area contributed by atoms with Crippen LogP contribution in [0.3, 0.4) is 0 Å². The zero-order valence-corrected chi connectivity index (χ0v) is 11.3. The number of rotatable bonds is 5. The summed E-state index contributed by atoms with van der Waals surface area (Å²) < 4.78 is 13.1. The molecule has 0 bridgehead atoms. The lowest BCUT2D eigenvalue weighted by Crippen LogP contribution is -2.39. The van der Waals surface area contributed by atoms with E-state index in [0.29, 0.717) is 0 Å². The zero-order chi connectivity index (χ0) is 13.1. The van der Waals surface area contributed by atoms with Gasteiger partial charge in [-0.15, -0.1) is 0 Å². The largest absolute Gasteiger partial charge is 0.314 e. The van der Waals surface area contributed by atoms with Crippen molar-refractivity contribution in [1.82, 2.24) is 15.2 Å². The van der Waals surface area contributed by atoms with Crippen molar-refractivity contribution in [3.63, 3.8) is 0 Å². The van der Waals surface area contributed by atoms with Crippen molar-refractivity contribution in [2.24, 2.45) is 5.92 Å². The molecule has 1 saturated heterocycles. The second kappa shape index (κ2) is 5.97. The highest BCUT2D eigenvalue weighted by atomic mass is 19.1. The average molecular weight is 263 g/mol. The molecule has 2 fully saturated rings. The maximum Gasteiger partial charge on any atom is 0.141 e. The molecule has 104 valence electrons. The van der Waals surface area contributed by atoms with Crippen LogP contribution in [0.5, 0.6) is 0 Å². The first-order valence-electron chi connectivity index (χ1n) is 7.35. The summed E-state index contributed by atoms with van der Waals surface area (Å²) in [6.07, 6.45) is 8.31. The molecule has 3 nitrogen and oxygen atoms in total. The summed E-state index contributed by atoms with van der Waals surface area (Å²) in [4.78, 5) is 6.35. The molecule has 1 aromatic heterocycles. The molecule has 1 aliphatic heterocycles. The number of likely N-dealkylation sites (tertiary alicyclic amines) is 1. The van der Waals surface area contributed by atoms with Crippen LogP contribution in [0.2, 0.25) is 0 Å². The van der Waals surface area contributed by atoms with E-state index in [-0.39, 0.29) is 5.82 Å². The molecule has 0 spiro atoms. The molecule has 19 heavy (non-hydrogen) atoms. The summed E-state index contributed by atoms with van der Waals surface area (Å²) in [6.45, 7) is 4.21. The molecule has 1 saturated carbocycles. The van der Waals surface area contributed by atoms with Gasteiger partial charge in [-0.05, 0) is 56.3 Å². The number of pyridine rings is 1. The van der Waals surface area contributed by atoms with Crippen molar-refractivity contribution >= 4 is 0 Å². The van der Waals surface area contributed by atoms with Crippen LogP contribution in [-0.4, -0.2) is 35.6 Å². The number of aromatic nitrogens is 1. The van der Waals surface area contributed by atoms with Crippen LogP contribution in [0.1, 0.15) is 31.2 Å². The Morgan fingerprint density at radius 2 is 2.21 bits per heavy atom. The Morgan fingerprint density at radius 3 is 3.00 bits per heavy atom. The normalized spacial score (nSPS) is 24.6. The van der Waals surface area contributed by atoms with Gasteiger partial charge in [0.1, 0.15) is 5.82 Å². The van der Waals surface area contributed by atoms with E-state index in [4.69, 9.17) is 0 Å². The predicted molar refractivity (Wildman–Crippen MR) is 73.2 cm³/mol. The van der Waals surface area contributed by atoms with Gasteiger partial charge in [0, 0.05) is 25.3 Å². The molecule has 2 aliphatic rings. The number of hydrogen-bond acceptors (Lipinski definition) is 3. The van der Waals surface area contributed by atoms with Gasteiger partial charge < -0.3 is 5.32 Å². The van der Waals surface area contributed by atoms with Crippen molar-refractivity contribution in [2.75, 3.05) is 19.6 Å². The van der Waals surface area contributed by atoms with Crippen LogP contribution >= 0.6 is 0 Å². The summed E-state index contributed by atoms with van der Waals surface area (Å²) in [5, 5.41) is 3.62. The fourth-order valence-corrected chi connectivity index (χ4v) is 2.88. The van der Waals surface area contributed by atoms with Crippen molar-refractivity contribution < 1.29 is 4.39 Å². The summed E-state index contributed by atoms with van der Waals surface area (Å²) in [5.41, 5.74) is 0.982. The van der Waals surface area contributed by atoms with E-state index >= 15 is 0 Å². The lowest BCUT2D eigenvalue weighted by atomic mass is 9.97. The predicted octanol–water partition coefficient (Wildman–Crippen LogP) is 2.18. The molecular weight excluding hydrogens is 241 g/mol. The molecule has 1 atom stereocenters. The van der Waals surface area contributed by atoms with E-state index in [2.05, 4.69) is 15.2 Å². The zero-order valence-electron chi connectivity index (χ0n) is 11.3. The number of hydrogen-bond donors (Lipinski definition) is 1. The minimum absolute atomic E-state index is 0.235. The molecule has 3 rings (SSSR count). The van der Waals surface area contributed by atoms with E-state index in [0.717, 1.165) is 43.7 Å². The maximum absolute atomic E-state index is 13.1. The van der Waals surface area contributed by atoms with Crippen LogP contribution in [0, 0.1) is 11.7 Å². The van der Waals surface area contributed by atoms with Crippen LogP contribution in [0.4, 0.5) is 4.39 Å². The molecule has 0 radical (unpaired) electrons. The van der Waals surface area contributed by atoms with Crippen LogP contribution < -0.4 is 5.32 Å². The molecule has 1 N–H and O–H groups in total. The highest BCUT2D eigenvalue weighted by Gasteiger charge is 2.24. The molecule has 1 unspecified atom stereocenters. The maximum atomic E-state index is 13.1. The topological polar surface area (TPSA) is 28.2 Å². The Balaban J connectivity index is 1.49. The molecular formula is C15H22FN3. The van der Waals surface area contributed by atoms with E-state index in [9.17, 15) is 4.39 Å². The van der Waals surface area contributed by atoms with E-state index in [1.54, 1.807) is 12.3 Å². The van der Waals surface area contributed by atoms with Gasteiger partial charge in [-0.3, -0.25) is 9.88 Å². The Morgan fingerprint density at radius 1 is 1.32 bits per heavy atom. The second-order valence-electron chi connectivity index (χ2n) is 5.94. The lowest BCUT2D eigenvalue weighted by molar-refractivity contribution is 0.165. The first-order chi connectivity index (χ1) is 9.29. The van der Waals surface area contributed by atoms with Crippen molar-refractivity contribution in [3.05, 3.63) is 29.8 Å². The molecule has 0 aromatic carbocycles. The van der Waals surface area contributed by atoms with Gasteiger partial charge in [0.2, 0.25) is 0 Å². The SMILES string of the molecule is Fc1cncc(CN2CCCC(CNC3CC3)C2)c1. The van der Waals surface area contributed by atoms with Gasteiger partial charge >= 0.3 is 0 Å². The Bertz CT molecular complexity index is 420. The Kier molecular flexibility index (Phi) is 4.09. The molecule has 1 aliphatic carbocycles. The number of piperidine rings is 1. The molecule has 2 heterocycles. The highest BCUT2D eigenvalue weighted by Crippen LogP contribution is 2.22. The van der Waals surface area contributed by atoms with Gasteiger partial charge in [-0.25, -0.2) is 4.39 Å². The van der Waals surface area contributed by atoms with Crippen molar-refractivity contribution in [1.29, 1.82) is 0 Å². The number of halogens is 1. The fraction of sp³-hybridized carbons (Fsp3) is 0.667. The Labute approximate surface area is 114 Å². The minimum Gasteiger partial charge on any atom is -0.314 e. The van der Waals surface area contributed by atoms with Crippen molar-refractivity contribution in [3.8, 4) is 0 Å². The molecule has 0 amide bonds. The third-order valence-corrected chi connectivity index (χ3v) is 4.04. The van der Waals surface area contributed by atoms with Gasteiger partial charge in [-0.2, -0.15) is 0 Å². The summed E-state index contributed by atoms with van der Waals surface area (Å²) >= 11 is 0. The standard InChI is InChI=1S/C15H22FN3/c16-14-6-13(7-17-9-14)11-19-5-1-2-12(10-19)8-18-15-3-4-15/h6-7,9,12,15,18H,1-5,8,10-11H2. The smallest absolute Gasteiger partial charge is 0.141 e. The van der Waals surface area contributed by atoms with Gasteiger partial charge in [0.15, 0.2) is 0 Å². The monoisotopic (exact) mass is 263 g/mol.